The van der Waals surface area contributed by atoms with Crippen LogP contribution in [0.2, 0.25) is 0 Å². The molecule has 0 saturated carbocycles. The highest BCUT2D eigenvalue weighted by atomic mass is 16.5. The smallest absolute Gasteiger partial charge is 0.251 e. The summed E-state index contributed by atoms with van der Waals surface area (Å²) in [5.74, 6) is 0.667. The Morgan fingerprint density at radius 1 is 1.16 bits per heavy atom. The summed E-state index contributed by atoms with van der Waals surface area (Å²) in [6.45, 7) is 9.59. The number of nitrogens with one attached hydrogen (secondary N) is 1. The molecule has 0 unspecified atom stereocenters. The molecule has 0 saturated heterocycles. The predicted molar refractivity (Wildman–Crippen MR) is 75.6 cm³/mol. The molecule has 0 spiro atoms. The van der Waals surface area contributed by atoms with Crippen molar-refractivity contribution in [2.45, 2.75) is 33.2 Å². The molecule has 19 heavy (non-hydrogen) atoms. The zero-order chi connectivity index (χ0) is 14.3. The van der Waals surface area contributed by atoms with Crippen LogP contribution < -0.4 is 10.1 Å². The lowest BCUT2D eigenvalue weighted by Gasteiger charge is -2.20. The molecule has 0 atom stereocenters. The van der Waals surface area contributed by atoms with E-state index in [1.54, 1.807) is 24.3 Å². The molecule has 0 aliphatic carbocycles. The highest BCUT2D eigenvalue weighted by Gasteiger charge is 2.14. The van der Waals surface area contributed by atoms with Crippen LogP contribution in [0.3, 0.4) is 0 Å². The van der Waals surface area contributed by atoms with Crippen LogP contribution >= 0.6 is 0 Å². The Kier molecular flexibility index (Phi) is 5.83. The lowest BCUT2D eigenvalue weighted by Crippen LogP contribution is -2.40. The number of hydrogen-bond acceptors (Lipinski definition) is 3. The van der Waals surface area contributed by atoms with Crippen molar-refractivity contribution in [2.75, 3.05) is 19.8 Å². The summed E-state index contributed by atoms with van der Waals surface area (Å²) in [7, 11) is 0. The maximum Gasteiger partial charge on any atom is 0.251 e. The summed E-state index contributed by atoms with van der Waals surface area (Å²) in [4.78, 5) is 11.9. The Morgan fingerprint density at radius 3 is 2.32 bits per heavy atom. The normalized spacial score (nSPS) is 11.2. The van der Waals surface area contributed by atoms with Crippen LogP contribution in [0.1, 0.15) is 38.1 Å². The highest BCUT2D eigenvalue weighted by Crippen LogP contribution is 2.13. The Morgan fingerprint density at radius 2 is 1.79 bits per heavy atom. The molecular formula is C15H23NO3. The number of carbonyl (C=O) groups excluding carboxylic acids is 1. The van der Waals surface area contributed by atoms with Gasteiger partial charge in [0.1, 0.15) is 12.4 Å². The van der Waals surface area contributed by atoms with Crippen LogP contribution in [0.15, 0.2) is 24.3 Å². The molecule has 4 nitrogen and oxygen atoms in total. The Labute approximate surface area is 115 Å². The molecule has 0 aliphatic rings. The van der Waals surface area contributed by atoms with Crippen LogP contribution in [-0.4, -0.2) is 31.3 Å². The molecule has 0 aromatic heterocycles. The molecule has 0 radical (unpaired) electrons. The number of ether oxygens (including phenoxy) is 2. The maximum atomic E-state index is 11.9. The summed E-state index contributed by atoms with van der Waals surface area (Å²) in [5, 5.41) is 2.92. The van der Waals surface area contributed by atoms with Crippen molar-refractivity contribution in [2.24, 2.45) is 0 Å². The topological polar surface area (TPSA) is 47.6 Å². The molecule has 1 amide bonds. The van der Waals surface area contributed by atoms with Gasteiger partial charge < -0.3 is 14.8 Å². The molecule has 1 aromatic rings. The van der Waals surface area contributed by atoms with Gasteiger partial charge in [-0.25, -0.2) is 0 Å². The van der Waals surface area contributed by atoms with Gasteiger partial charge in [-0.15, -0.1) is 0 Å². The van der Waals surface area contributed by atoms with E-state index in [1.807, 2.05) is 27.7 Å². The SMILES string of the molecule is CCOCCOc1ccc(C(=O)NC(C)(C)C)cc1. The zero-order valence-corrected chi connectivity index (χ0v) is 12.2. The molecule has 0 fully saturated rings. The van der Waals surface area contributed by atoms with Crippen molar-refractivity contribution in [3.8, 4) is 5.75 Å². The van der Waals surface area contributed by atoms with Crippen LogP contribution in [0.5, 0.6) is 5.75 Å². The minimum absolute atomic E-state index is 0.0756. The van der Waals surface area contributed by atoms with Gasteiger partial charge in [-0.3, -0.25) is 4.79 Å². The first-order valence-corrected chi connectivity index (χ1v) is 6.55. The molecular weight excluding hydrogens is 242 g/mol. The Bertz CT molecular complexity index is 393. The van der Waals surface area contributed by atoms with E-state index in [2.05, 4.69) is 5.32 Å². The van der Waals surface area contributed by atoms with Crippen LogP contribution in [0.25, 0.3) is 0 Å². The van der Waals surface area contributed by atoms with E-state index in [9.17, 15) is 4.79 Å². The molecule has 4 heteroatoms. The second-order valence-corrected chi connectivity index (χ2v) is 5.27. The van der Waals surface area contributed by atoms with Gasteiger partial charge in [0.05, 0.1) is 6.61 Å². The van der Waals surface area contributed by atoms with Gasteiger partial charge >= 0.3 is 0 Å². The number of benzene rings is 1. The average molecular weight is 265 g/mol. The lowest BCUT2D eigenvalue weighted by molar-refractivity contribution is 0.0919. The predicted octanol–water partition coefficient (Wildman–Crippen LogP) is 2.63. The Hall–Kier alpha value is -1.55. The third kappa shape index (κ3) is 6.25. The van der Waals surface area contributed by atoms with Crippen LogP contribution in [0.4, 0.5) is 0 Å². The van der Waals surface area contributed by atoms with Gasteiger partial charge in [0.2, 0.25) is 0 Å². The van der Waals surface area contributed by atoms with Gasteiger partial charge in [0.25, 0.3) is 5.91 Å². The quantitative estimate of drug-likeness (QED) is 0.804. The fourth-order valence-corrected chi connectivity index (χ4v) is 1.48. The van der Waals surface area contributed by atoms with E-state index in [1.165, 1.54) is 0 Å². The minimum Gasteiger partial charge on any atom is -0.491 e. The lowest BCUT2D eigenvalue weighted by atomic mass is 10.1. The number of amides is 1. The fraction of sp³-hybridized carbons (Fsp3) is 0.533. The second-order valence-electron chi connectivity index (χ2n) is 5.27. The summed E-state index contributed by atoms with van der Waals surface area (Å²) in [6, 6.07) is 7.11. The van der Waals surface area contributed by atoms with Crippen molar-refractivity contribution >= 4 is 5.91 Å². The largest absolute Gasteiger partial charge is 0.491 e. The first-order chi connectivity index (χ1) is 8.92. The van der Waals surface area contributed by atoms with Crippen molar-refractivity contribution in [3.05, 3.63) is 29.8 Å². The summed E-state index contributed by atoms with van der Waals surface area (Å²) < 4.78 is 10.7. The molecule has 0 aliphatic heterocycles. The van der Waals surface area contributed by atoms with E-state index in [-0.39, 0.29) is 11.4 Å². The van der Waals surface area contributed by atoms with Crippen LogP contribution in [-0.2, 0) is 4.74 Å². The average Bonchev–Trinajstić information content (AvgIpc) is 2.33. The molecule has 1 N–H and O–H groups in total. The number of rotatable bonds is 6. The third-order valence-corrected chi connectivity index (χ3v) is 2.31. The second kappa shape index (κ2) is 7.14. The van der Waals surface area contributed by atoms with Gasteiger partial charge in [-0.1, -0.05) is 0 Å². The highest BCUT2D eigenvalue weighted by molar-refractivity contribution is 5.94. The summed E-state index contributed by atoms with van der Waals surface area (Å²) in [5.41, 5.74) is 0.399. The summed E-state index contributed by atoms with van der Waals surface area (Å²) >= 11 is 0. The molecule has 0 heterocycles. The van der Waals surface area contributed by atoms with Gasteiger partial charge in [0, 0.05) is 17.7 Å². The third-order valence-electron chi connectivity index (χ3n) is 2.31. The van der Waals surface area contributed by atoms with Gasteiger partial charge in [-0.2, -0.15) is 0 Å². The first kappa shape index (κ1) is 15.5. The number of carbonyl (C=O) groups is 1. The van der Waals surface area contributed by atoms with Gasteiger partial charge in [-0.05, 0) is 52.0 Å². The van der Waals surface area contributed by atoms with Crippen molar-refractivity contribution in [1.29, 1.82) is 0 Å². The van der Waals surface area contributed by atoms with Crippen molar-refractivity contribution in [3.63, 3.8) is 0 Å². The Balaban J connectivity index is 2.49. The minimum atomic E-state index is -0.232. The van der Waals surface area contributed by atoms with Crippen molar-refractivity contribution in [1.82, 2.24) is 5.32 Å². The van der Waals surface area contributed by atoms with E-state index in [0.29, 0.717) is 25.4 Å². The zero-order valence-electron chi connectivity index (χ0n) is 12.2. The van der Waals surface area contributed by atoms with E-state index >= 15 is 0 Å². The fourth-order valence-electron chi connectivity index (χ4n) is 1.48. The molecule has 1 aromatic carbocycles. The first-order valence-electron chi connectivity index (χ1n) is 6.55. The summed E-state index contributed by atoms with van der Waals surface area (Å²) in [6.07, 6.45) is 0. The monoisotopic (exact) mass is 265 g/mol. The molecule has 106 valence electrons. The molecule has 1 rings (SSSR count). The van der Waals surface area contributed by atoms with E-state index < -0.39 is 0 Å². The number of hydrogen-bond donors (Lipinski definition) is 1. The van der Waals surface area contributed by atoms with Crippen LogP contribution in [0, 0.1) is 0 Å². The van der Waals surface area contributed by atoms with Crippen molar-refractivity contribution < 1.29 is 14.3 Å². The van der Waals surface area contributed by atoms with E-state index in [4.69, 9.17) is 9.47 Å². The molecule has 0 bridgehead atoms. The standard InChI is InChI=1S/C15H23NO3/c1-5-18-10-11-19-13-8-6-12(7-9-13)14(17)16-15(2,3)4/h6-9H,5,10-11H2,1-4H3,(H,16,17). The maximum absolute atomic E-state index is 11.9. The van der Waals surface area contributed by atoms with E-state index in [0.717, 1.165) is 5.75 Å². The van der Waals surface area contributed by atoms with Gasteiger partial charge in [0.15, 0.2) is 0 Å².